The summed E-state index contributed by atoms with van der Waals surface area (Å²) in [4.78, 5) is 21.3. The van der Waals surface area contributed by atoms with Gasteiger partial charge in [-0.25, -0.2) is 0 Å². The Morgan fingerprint density at radius 1 is 1.33 bits per heavy atom. The van der Waals surface area contributed by atoms with Crippen molar-refractivity contribution in [2.45, 2.75) is 27.2 Å². The maximum absolute atomic E-state index is 10.8. The number of rotatable bonds is 4. The Balaban J connectivity index is 3.65. The lowest BCUT2D eigenvalue weighted by Gasteiger charge is -2.02. The highest BCUT2D eigenvalue weighted by atomic mass is 16.5. The van der Waals surface area contributed by atoms with Crippen molar-refractivity contribution in [2.24, 2.45) is 0 Å². The molecular formula is C9H14O3. The highest BCUT2D eigenvalue weighted by Gasteiger charge is 2.05. The summed E-state index contributed by atoms with van der Waals surface area (Å²) in [5.74, 6) is -0.623. The fourth-order valence-electron chi connectivity index (χ4n) is 0.532. The van der Waals surface area contributed by atoms with Crippen LogP contribution in [0.5, 0.6) is 0 Å². The van der Waals surface area contributed by atoms with Crippen molar-refractivity contribution < 1.29 is 14.3 Å². The monoisotopic (exact) mass is 170 g/mol. The highest BCUT2D eigenvalue weighted by molar-refractivity contribution is 5.94. The number of hydrogen-bond donors (Lipinski definition) is 0. The van der Waals surface area contributed by atoms with Gasteiger partial charge in [0.1, 0.15) is 18.8 Å². The first-order valence-electron chi connectivity index (χ1n) is 3.83. The average Bonchev–Trinajstić information content (AvgIpc) is 1.99. The Morgan fingerprint density at radius 2 is 1.92 bits per heavy atom. The number of ether oxygens (including phenoxy) is 1. The minimum atomic E-state index is -0.455. The fourth-order valence-corrected chi connectivity index (χ4v) is 0.532. The zero-order valence-corrected chi connectivity index (χ0v) is 7.72. The van der Waals surface area contributed by atoms with Crippen LogP contribution in [0, 0.1) is 0 Å². The van der Waals surface area contributed by atoms with Gasteiger partial charge in [0.2, 0.25) is 0 Å². The second kappa shape index (κ2) is 5.52. The molecular weight excluding hydrogens is 156 g/mol. The van der Waals surface area contributed by atoms with Crippen LogP contribution in [0.2, 0.25) is 0 Å². The molecule has 3 nitrogen and oxygen atoms in total. The van der Waals surface area contributed by atoms with E-state index in [-0.39, 0.29) is 18.8 Å². The van der Waals surface area contributed by atoms with Gasteiger partial charge < -0.3 is 4.74 Å². The molecule has 0 spiro atoms. The second-order valence-electron chi connectivity index (χ2n) is 2.67. The standard InChI is InChI=1S/C9H14O3/c1-4-7(2)6-12-9(11)5-8(3)10/h4H,5-6H2,1-3H3. The summed E-state index contributed by atoms with van der Waals surface area (Å²) < 4.78 is 4.78. The lowest BCUT2D eigenvalue weighted by atomic mass is 10.3. The molecule has 0 atom stereocenters. The number of allylic oxidation sites excluding steroid dienone is 1. The second-order valence-corrected chi connectivity index (χ2v) is 2.67. The number of ketones is 1. The predicted molar refractivity (Wildman–Crippen MR) is 45.7 cm³/mol. The molecule has 0 fully saturated rings. The van der Waals surface area contributed by atoms with Gasteiger partial charge in [-0.1, -0.05) is 6.08 Å². The molecule has 0 aromatic rings. The van der Waals surface area contributed by atoms with Crippen LogP contribution >= 0.6 is 0 Å². The number of carbonyl (C=O) groups excluding carboxylic acids is 2. The number of Topliss-reactive ketones (excluding diaryl/α,β-unsaturated/α-hetero) is 1. The largest absolute Gasteiger partial charge is 0.461 e. The van der Waals surface area contributed by atoms with E-state index in [4.69, 9.17) is 4.74 Å². The van der Waals surface area contributed by atoms with Crippen LogP contribution in [0.1, 0.15) is 27.2 Å². The normalized spacial score (nSPS) is 11.1. The SMILES string of the molecule is CC=C(C)COC(=O)CC(C)=O. The quantitative estimate of drug-likeness (QED) is 0.364. The third-order valence-corrected chi connectivity index (χ3v) is 1.35. The maximum atomic E-state index is 10.8. The molecule has 0 heterocycles. The number of esters is 1. The zero-order chi connectivity index (χ0) is 9.56. The first-order valence-corrected chi connectivity index (χ1v) is 3.83. The topological polar surface area (TPSA) is 43.4 Å². The Labute approximate surface area is 72.4 Å². The van der Waals surface area contributed by atoms with Gasteiger partial charge in [-0.2, -0.15) is 0 Å². The van der Waals surface area contributed by atoms with E-state index >= 15 is 0 Å². The molecule has 0 saturated heterocycles. The Kier molecular flexibility index (Phi) is 5.00. The van der Waals surface area contributed by atoms with Crippen molar-refractivity contribution in [3.05, 3.63) is 11.6 Å². The van der Waals surface area contributed by atoms with Gasteiger partial charge in [-0.3, -0.25) is 9.59 Å². The van der Waals surface area contributed by atoms with Crippen molar-refractivity contribution in [2.75, 3.05) is 6.61 Å². The zero-order valence-electron chi connectivity index (χ0n) is 7.72. The molecule has 0 N–H and O–H groups in total. The first-order chi connectivity index (χ1) is 5.56. The third-order valence-electron chi connectivity index (χ3n) is 1.35. The summed E-state index contributed by atoms with van der Waals surface area (Å²) in [5.41, 5.74) is 0.979. The van der Waals surface area contributed by atoms with Gasteiger partial charge in [0.05, 0.1) is 0 Å². The Hall–Kier alpha value is -1.12. The average molecular weight is 170 g/mol. The van der Waals surface area contributed by atoms with Crippen LogP contribution in [-0.4, -0.2) is 18.4 Å². The van der Waals surface area contributed by atoms with E-state index in [9.17, 15) is 9.59 Å². The summed E-state index contributed by atoms with van der Waals surface area (Å²) in [7, 11) is 0. The lowest BCUT2D eigenvalue weighted by Crippen LogP contribution is -2.10. The summed E-state index contributed by atoms with van der Waals surface area (Å²) in [6.07, 6.45) is 1.73. The van der Waals surface area contributed by atoms with Crippen LogP contribution in [0.3, 0.4) is 0 Å². The van der Waals surface area contributed by atoms with E-state index in [0.29, 0.717) is 0 Å². The lowest BCUT2D eigenvalue weighted by molar-refractivity contribution is -0.144. The van der Waals surface area contributed by atoms with E-state index in [1.807, 2.05) is 19.9 Å². The van der Waals surface area contributed by atoms with E-state index in [1.165, 1.54) is 6.92 Å². The summed E-state index contributed by atoms with van der Waals surface area (Å²) in [6, 6.07) is 0. The van der Waals surface area contributed by atoms with E-state index in [2.05, 4.69) is 0 Å². The minimum absolute atomic E-state index is 0.128. The molecule has 0 unspecified atom stereocenters. The van der Waals surface area contributed by atoms with E-state index in [0.717, 1.165) is 5.57 Å². The molecule has 0 saturated carbocycles. The molecule has 0 rings (SSSR count). The third kappa shape index (κ3) is 5.65. The van der Waals surface area contributed by atoms with Crippen LogP contribution in [0.25, 0.3) is 0 Å². The summed E-state index contributed by atoms with van der Waals surface area (Å²) in [6.45, 7) is 5.38. The molecule has 68 valence electrons. The Morgan fingerprint density at radius 3 is 2.33 bits per heavy atom. The molecule has 0 amide bonds. The highest BCUT2D eigenvalue weighted by Crippen LogP contribution is 1.95. The molecule has 0 aromatic carbocycles. The molecule has 0 radical (unpaired) electrons. The van der Waals surface area contributed by atoms with E-state index < -0.39 is 5.97 Å². The molecule has 0 aliphatic heterocycles. The summed E-state index contributed by atoms with van der Waals surface area (Å²) in [5, 5.41) is 0. The number of hydrogen-bond acceptors (Lipinski definition) is 3. The molecule has 0 bridgehead atoms. The van der Waals surface area contributed by atoms with Gasteiger partial charge in [0, 0.05) is 0 Å². The minimum Gasteiger partial charge on any atom is -0.461 e. The fraction of sp³-hybridized carbons (Fsp3) is 0.556. The molecule has 0 aromatic heterocycles. The van der Waals surface area contributed by atoms with Gasteiger partial charge in [0.15, 0.2) is 0 Å². The van der Waals surface area contributed by atoms with Crippen LogP contribution in [0.15, 0.2) is 11.6 Å². The molecule has 0 aliphatic carbocycles. The molecule has 0 aliphatic rings. The maximum Gasteiger partial charge on any atom is 0.313 e. The van der Waals surface area contributed by atoms with Crippen LogP contribution in [-0.2, 0) is 14.3 Å². The Bertz CT molecular complexity index is 204. The van der Waals surface area contributed by atoms with Crippen molar-refractivity contribution in [1.82, 2.24) is 0 Å². The van der Waals surface area contributed by atoms with Crippen molar-refractivity contribution in [3.63, 3.8) is 0 Å². The molecule has 12 heavy (non-hydrogen) atoms. The number of carbonyl (C=O) groups is 2. The van der Waals surface area contributed by atoms with Gasteiger partial charge >= 0.3 is 5.97 Å². The van der Waals surface area contributed by atoms with Crippen molar-refractivity contribution >= 4 is 11.8 Å². The van der Waals surface area contributed by atoms with Crippen LogP contribution in [0.4, 0.5) is 0 Å². The van der Waals surface area contributed by atoms with Gasteiger partial charge in [-0.15, -0.1) is 0 Å². The van der Waals surface area contributed by atoms with E-state index in [1.54, 1.807) is 0 Å². The van der Waals surface area contributed by atoms with Gasteiger partial charge in [0.25, 0.3) is 0 Å². The van der Waals surface area contributed by atoms with Crippen LogP contribution < -0.4 is 0 Å². The van der Waals surface area contributed by atoms with Crippen molar-refractivity contribution in [1.29, 1.82) is 0 Å². The van der Waals surface area contributed by atoms with Crippen molar-refractivity contribution in [3.8, 4) is 0 Å². The first kappa shape index (κ1) is 10.9. The predicted octanol–water partition coefficient (Wildman–Crippen LogP) is 1.47. The smallest absolute Gasteiger partial charge is 0.313 e. The molecule has 3 heteroatoms. The summed E-state index contributed by atoms with van der Waals surface area (Å²) >= 11 is 0. The van der Waals surface area contributed by atoms with Gasteiger partial charge in [-0.05, 0) is 26.3 Å².